The average molecular weight is 294 g/mol. The second-order valence-corrected chi connectivity index (χ2v) is 6.03. The van der Waals surface area contributed by atoms with E-state index in [1.807, 2.05) is 23.2 Å². The van der Waals surface area contributed by atoms with E-state index >= 15 is 0 Å². The first-order chi connectivity index (χ1) is 10.7. The molecule has 2 heterocycles. The van der Waals surface area contributed by atoms with Crippen LogP contribution in [-0.2, 0) is 9.47 Å². The Morgan fingerprint density at radius 1 is 1.00 bits per heavy atom. The first kappa shape index (κ1) is 13.3. The summed E-state index contributed by atoms with van der Waals surface area (Å²) in [6.07, 6.45) is 0. The largest absolute Gasteiger partial charge is 0.453 e. The zero-order valence-electron chi connectivity index (χ0n) is 12.5. The quantitative estimate of drug-likeness (QED) is 0.813. The summed E-state index contributed by atoms with van der Waals surface area (Å²) >= 11 is 0. The fraction of sp³-hybridized carbons (Fsp3) is 0.278. The fourth-order valence-corrected chi connectivity index (χ4v) is 2.58. The topological polar surface area (TPSA) is 37.4 Å². The van der Waals surface area contributed by atoms with Crippen LogP contribution in [0.3, 0.4) is 0 Å². The molecule has 4 heteroatoms. The molecular weight excluding hydrogens is 276 g/mol. The minimum Gasteiger partial charge on any atom is -0.453 e. The number of hydrazone groups is 1. The zero-order valence-corrected chi connectivity index (χ0v) is 12.5. The van der Waals surface area contributed by atoms with Gasteiger partial charge in [0.15, 0.2) is 6.73 Å². The van der Waals surface area contributed by atoms with Gasteiger partial charge < -0.3 is 9.47 Å². The highest BCUT2D eigenvalue weighted by molar-refractivity contribution is 5.95. The maximum absolute atomic E-state index is 5.69. The number of rotatable bonds is 4. The van der Waals surface area contributed by atoms with E-state index < -0.39 is 0 Å². The van der Waals surface area contributed by atoms with E-state index in [1.165, 1.54) is 11.1 Å². The van der Waals surface area contributed by atoms with Crippen LogP contribution in [0.15, 0.2) is 59.7 Å². The summed E-state index contributed by atoms with van der Waals surface area (Å²) in [6.45, 7) is 4.17. The second-order valence-electron chi connectivity index (χ2n) is 6.03. The fourth-order valence-electron chi connectivity index (χ4n) is 2.58. The minimum absolute atomic E-state index is 0.0422. The van der Waals surface area contributed by atoms with E-state index in [-0.39, 0.29) is 5.60 Å². The molecule has 2 aromatic carbocycles. The molecule has 112 valence electrons. The summed E-state index contributed by atoms with van der Waals surface area (Å²) in [5.41, 5.74) is 3.37. The lowest BCUT2D eigenvalue weighted by molar-refractivity contribution is 0.135. The Labute approximate surface area is 130 Å². The van der Waals surface area contributed by atoms with Crippen molar-refractivity contribution in [1.29, 1.82) is 0 Å². The van der Waals surface area contributed by atoms with Crippen molar-refractivity contribution in [3.8, 4) is 11.1 Å². The van der Waals surface area contributed by atoms with E-state index in [9.17, 15) is 0 Å². The number of benzene rings is 2. The molecule has 0 radical (unpaired) electrons. The molecule has 0 aromatic heterocycles. The maximum Gasteiger partial charge on any atom is 0.240 e. The van der Waals surface area contributed by atoms with Gasteiger partial charge in [-0.25, -0.2) is 0 Å². The number of hydrogen-bond acceptors (Lipinski definition) is 4. The highest BCUT2D eigenvalue weighted by Gasteiger charge is 2.42. The molecule has 0 aliphatic carbocycles. The molecule has 4 nitrogen and oxygen atoms in total. The predicted molar refractivity (Wildman–Crippen MR) is 85.4 cm³/mol. The Balaban J connectivity index is 1.50. The van der Waals surface area contributed by atoms with Gasteiger partial charge in [0, 0.05) is 5.56 Å². The number of hydrogen-bond donors (Lipinski definition) is 0. The normalized spacial score (nSPS) is 23.1. The Bertz CT molecular complexity index is 691. The maximum atomic E-state index is 5.69. The van der Waals surface area contributed by atoms with Crippen molar-refractivity contribution in [3.05, 3.63) is 60.2 Å². The van der Waals surface area contributed by atoms with E-state index in [4.69, 9.17) is 9.47 Å². The van der Waals surface area contributed by atoms with Gasteiger partial charge in [-0.1, -0.05) is 42.5 Å². The first-order valence-corrected chi connectivity index (χ1v) is 7.48. The van der Waals surface area contributed by atoms with Crippen molar-refractivity contribution in [2.75, 3.05) is 19.9 Å². The molecule has 2 aliphatic heterocycles. The van der Waals surface area contributed by atoms with Gasteiger partial charge in [0.25, 0.3) is 0 Å². The summed E-state index contributed by atoms with van der Waals surface area (Å²) in [5, 5.41) is 6.46. The SMILES string of the molecule is CC1(CN2COC(c3ccc(-c4ccccc4)cc3)=N2)CO1. The van der Waals surface area contributed by atoms with Gasteiger partial charge >= 0.3 is 0 Å². The molecular formula is C18H18N2O2. The highest BCUT2D eigenvalue weighted by Crippen LogP contribution is 2.28. The molecule has 0 saturated carbocycles. The van der Waals surface area contributed by atoms with Crippen LogP contribution in [0, 0.1) is 0 Å². The summed E-state index contributed by atoms with van der Waals surface area (Å²) in [4.78, 5) is 0. The molecule has 4 rings (SSSR count). The van der Waals surface area contributed by atoms with Crippen LogP contribution in [0.25, 0.3) is 11.1 Å². The van der Waals surface area contributed by atoms with Gasteiger partial charge in [0.05, 0.1) is 13.2 Å². The summed E-state index contributed by atoms with van der Waals surface area (Å²) in [6, 6.07) is 18.7. The van der Waals surface area contributed by atoms with Crippen LogP contribution in [-0.4, -0.2) is 36.4 Å². The van der Waals surface area contributed by atoms with Crippen LogP contribution in [0.2, 0.25) is 0 Å². The predicted octanol–water partition coefficient (Wildman–Crippen LogP) is 3.09. The van der Waals surface area contributed by atoms with Crippen molar-refractivity contribution in [1.82, 2.24) is 5.01 Å². The molecule has 0 amide bonds. The monoisotopic (exact) mass is 294 g/mol. The molecule has 1 unspecified atom stereocenters. The summed E-state index contributed by atoms with van der Waals surface area (Å²) in [5.74, 6) is 0.684. The van der Waals surface area contributed by atoms with Gasteiger partial charge in [0.2, 0.25) is 5.90 Å². The molecule has 1 saturated heterocycles. The summed E-state index contributed by atoms with van der Waals surface area (Å²) in [7, 11) is 0. The lowest BCUT2D eigenvalue weighted by Crippen LogP contribution is -2.27. The Morgan fingerprint density at radius 2 is 1.64 bits per heavy atom. The standard InChI is InChI=1S/C18H18N2O2/c1-18(12-22-18)11-20-13-21-17(19-20)16-9-7-15(8-10-16)14-5-3-2-4-6-14/h2-10H,11-13H2,1H3. The van der Waals surface area contributed by atoms with Gasteiger partial charge in [-0.05, 0) is 30.2 Å². The van der Waals surface area contributed by atoms with Crippen LogP contribution in [0.1, 0.15) is 12.5 Å². The first-order valence-electron chi connectivity index (χ1n) is 7.48. The molecule has 22 heavy (non-hydrogen) atoms. The van der Waals surface area contributed by atoms with Crippen LogP contribution in [0.4, 0.5) is 0 Å². The second kappa shape index (κ2) is 5.14. The average Bonchev–Trinajstić information content (AvgIpc) is 3.10. The zero-order chi connectivity index (χ0) is 15.0. The Kier molecular flexibility index (Phi) is 3.12. The van der Waals surface area contributed by atoms with Gasteiger partial charge in [0.1, 0.15) is 5.60 Å². The van der Waals surface area contributed by atoms with Gasteiger partial charge in [-0.3, -0.25) is 5.01 Å². The third-order valence-corrected chi connectivity index (χ3v) is 3.98. The molecule has 2 aromatic rings. The number of epoxide rings is 1. The van der Waals surface area contributed by atoms with Crippen LogP contribution < -0.4 is 0 Å². The Morgan fingerprint density at radius 3 is 2.32 bits per heavy atom. The van der Waals surface area contributed by atoms with Crippen LogP contribution >= 0.6 is 0 Å². The molecule has 2 aliphatic rings. The molecule has 0 spiro atoms. The molecule has 1 atom stereocenters. The van der Waals surface area contributed by atoms with E-state index in [0.29, 0.717) is 12.6 Å². The van der Waals surface area contributed by atoms with E-state index in [1.54, 1.807) is 0 Å². The third kappa shape index (κ3) is 2.70. The van der Waals surface area contributed by atoms with Crippen molar-refractivity contribution >= 4 is 5.90 Å². The smallest absolute Gasteiger partial charge is 0.240 e. The van der Waals surface area contributed by atoms with E-state index in [2.05, 4.69) is 48.4 Å². The van der Waals surface area contributed by atoms with Gasteiger partial charge in [-0.15, -0.1) is 5.10 Å². The molecule has 0 N–H and O–H groups in total. The van der Waals surface area contributed by atoms with Crippen molar-refractivity contribution in [3.63, 3.8) is 0 Å². The summed E-state index contributed by atoms with van der Waals surface area (Å²) < 4.78 is 11.1. The van der Waals surface area contributed by atoms with Crippen molar-refractivity contribution in [2.24, 2.45) is 5.10 Å². The number of ether oxygens (including phenoxy) is 2. The number of nitrogens with zero attached hydrogens (tertiary/aromatic N) is 2. The van der Waals surface area contributed by atoms with E-state index in [0.717, 1.165) is 18.7 Å². The van der Waals surface area contributed by atoms with Crippen molar-refractivity contribution in [2.45, 2.75) is 12.5 Å². The lowest BCUT2D eigenvalue weighted by atomic mass is 10.0. The lowest BCUT2D eigenvalue weighted by Gasteiger charge is -2.13. The highest BCUT2D eigenvalue weighted by atomic mass is 16.6. The van der Waals surface area contributed by atoms with Crippen LogP contribution in [0.5, 0.6) is 0 Å². The van der Waals surface area contributed by atoms with Crippen molar-refractivity contribution < 1.29 is 9.47 Å². The molecule has 0 bridgehead atoms. The Hall–Kier alpha value is -2.33. The molecule has 1 fully saturated rings. The van der Waals surface area contributed by atoms with Gasteiger partial charge in [-0.2, -0.15) is 0 Å². The third-order valence-electron chi connectivity index (χ3n) is 3.98. The minimum atomic E-state index is -0.0422.